The van der Waals surface area contributed by atoms with Gasteiger partial charge in [-0.2, -0.15) is 0 Å². The second-order valence-corrected chi connectivity index (χ2v) is 8.85. The molecule has 2 rings (SSSR count). The molecule has 0 aliphatic carbocycles. The number of sulfonamides is 1. The Morgan fingerprint density at radius 1 is 1.10 bits per heavy atom. The van der Waals surface area contributed by atoms with E-state index in [0.29, 0.717) is 18.0 Å². The van der Waals surface area contributed by atoms with Gasteiger partial charge >= 0.3 is 0 Å². The van der Waals surface area contributed by atoms with Crippen LogP contribution in [0.5, 0.6) is 5.75 Å². The van der Waals surface area contributed by atoms with Crippen LogP contribution in [0.25, 0.3) is 0 Å². The van der Waals surface area contributed by atoms with Crippen molar-refractivity contribution in [3.05, 3.63) is 54.1 Å². The molecule has 0 spiro atoms. The second kappa shape index (κ2) is 10.3. The van der Waals surface area contributed by atoms with Crippen molar-refractivity contribution < 1.29 is 17.9 Å². The van der Waals surface area contributed by atoms with Gasteiger partial charge in [0, 0.05) is 6.04 Å². The van der Waals surface area contributed by atoms with Crippen LogP contribution in [-0.4, -0.2) is 33.5 Å². The summed E-state index contributed by atoms with van der Waals surface area (Å²) < 4.78 is 33.6. The number of hydrogen-bond acceptors (Lipinski definition) is 4. The molecule has 0 unspecified atom stereocenters. The van der Waals surface area contributed by atoms with Crippen molar-refractivity contribution in [1.29, 1.82) is 0 Å². The molecule has 0 heterocycles. The van der Waals surface area contributed by atoms with Crippen LogP contribution in [0.15, 0.2) is 53.4 Å². The molecule has 0 fully saturated rings. The molecule has 0 saturated heterocycles. The highest BCUT2D eigenvalue weighted by atomic mass is 32.2. The summed E-state index contributed by atoms with van der Waals surface area (Å²) in [5.74, 6) is 0.0630. The highest BCUT2D eigenvalue weighted by Gasteiger charge is 2.29. The number of benzene rings is 2. The minimum absolute atomic E-state index is 0.0291. The monoisotopic (exact) mass is 418 g/mol. The van der Waals surface area contributed by atoms with E-state index in [2.05, 4.69) is 5.32 Å². The van der Waals surface area contributed by atoms with Crippen molar-refractivity contribution in [2.45, 2.75) is 51.5 Å². The molecule has 29 heavy (non-hydrogen) atoms. The lowest BCUT2D eigenvalue weighted by Crippen LogP contribution is -2.43. The number of anilines is 1. The molecule has 1 atom stereocenters. The van der Waals surface area contributed by atoms with Crippen LogP contribution in [0.1, 0.15) is 39.2 Å². The van der Waals surface area contributed by atoms with E-state index < -0.39 is 10.0 Å². The second-order valence-electron chi connectivity index (χ2n) is 6.98. The Bertz CT molecular complexity index is 911. The summed E-state index contributed by atoms with van der Waals surface area (Å²) in [4.78, 5) is 12.8. The Labute approximate surface area is 173 Å². The zero-order valence-electron chi connectivity index (χ0n) is 17.5. The van der Waals surface area contributed by atoms with Crippen molar-refractivity contribution in [3.63, 3.8) is 0 Å². The summed E-state index contributed by atoms with van der Waals surface area (Å²) in [5.41, 5.74) is 1.30. The number of hydrogen-bond donors (Lipinski definition) is 1. The quantitative estimate of drug-likeness (QED) is 0.635. The number of carbonyl (C=O) groups is 1. The number of para-hydroxylation sites is 2. The van der Waals surface area contributed by atoms with Crippen LogP contribution in [0.3, 0.4) is 0 Å². The summed E-state index contributed by atoms with van der Waals surface area (Å²) >= 11 is 0. The van der Waals surface area contributed by atoms with Gasteiger partial charge < -0.3 is 10.1 Å². The van der Waals surface area contributed by atoms with E-state index in [-0.39, 0.29) is 23.4 Å². The number of carbonyl (C=O) groups excluding carboxylic acids is 1. The molecule has 158 valence electrons. The fraction of sp³-hybridized carbons (Fsp3) is 0.409. The normalized spacial score (nSPS) is 12.3. The lowest BCUT2D eigenvalue weighted by Gasteiger charge is -2.26. The number of amides is 1. The van der Waals surface area contributed by atoms with Crippen LogP contribution in [-0.2, 0) is 14.8 Å². The van der Waals surface area contributed by atoms with Crippen LogP contribution in [0.4, 0.5) is 5.69 Å². The summed E-state index contributed by atoms with van der Waals surface area (Å²) in [6, 6.07) is 13.4. The summed E-state index contributed by atoms with van der Waals surface area (Å²) in [5, 5.41) is 2.88. The Morgan fingerprint density at radius 3 is 2.38 bits per heavy atom. The Morgan fingerprint density at radius 2 is 1.76 bits per heavy atom. The van der Waals surface area contributed by atoms with Gasteiger partial charge in [-0.15, -0.1) is 0 Å². The first-order valence-electron chi connectivity index (χ1n) is 9.90. The summed E-state index contributed by atoms with van der Waals surface area (Å²) in [6.07, 6.45) is 1.76. The molecule has 0 saturated carbocycles. The zero-order chi connectivity index (χ0) is 21.4. The lowest BCUT2D eigenvalue weighted by molar-refractivity contribution is -0.120. The third kappa shape index (κ3) is 5.97. The van der Waals surface area contributed by atoms with Gasteiger partial charge in [-0.1, -0.05) is 43.2 Å². The SMILES string of the molecule is CCC[C@H](C)NC(=O)CN(c1ccccc1OCC)S(=O)(=O)c1ccc(C)cc1. The van der Waals surface area contributed by atoms with Gasteiger partial charge in [-0.25, -0.2) is 8.42 Å². The number of rotatable bonds is 10. The molecule has 1 amide bonds. The molecule has 6 nitrogen and oxygen atoms in total. The zero-order valence-corrected chi connectivity index (χ0v) is 18.3. The Balaban J connectivity index is 2.46. The molecule has 2 aromatic carbocycles. The van der Waals surface area contributed by atoms with Gasteiger partial charge in [0.25, 0.3) is 10.0 Å². The molecule has 0 aromatic heterocycles. The van der Waals surface area contributed by atoms with Crippen molar-refractivity contribution >= 4 is 21.6 Å². The standard InChI is InChI=1S/C22H30N2O4S/c1-5-9-18(4)23-22(25)16-24(20-10-7-8-11-21(20)28-6-2)29(26,27)19-14-12-17(3)13-15-19/h7-8,10-15,18H,5-6,9,16H2,1-4H3,(H,23,25)/t18-/m0/s1. The van der Waals surface area contributed by atoms with Gasteiger partial charge in [0.05, 0.1) is 17.2 Å². The lowest BCUT2D eigenvalue weighted by atomic mass is 10.2. The van der Waals surface area contributed by atoms with Crippen molar-refractivity contribution in [1.82, 2.24) is 5.32 Å². The third-order valence-corrected chi connectivity index (χ3v) is 6.23. The molecule has 0 aliphatic rings. The van der Waals surface area contributed by atoms with E-state index >= 15 is 0 Å². The number of ether oxygens (including phenoxy) is 1. The predicted molar refractivity (Wildman–Crippen MR) is 116 cm³/mol. The number of nitrogens with one attached hydrogen (secondary N) is 1. The minimum Gasteiger partial charge on any atom is -0.492 e. The fourth-order valence-corrected chi connectivity index (χ4v) is 4.47. The molecule has 7 heteroatoms. The van der Waals surface area contributed by atoms with Crippen molar-refractivity contribution in [2.75, 3.05) is 17.5 Å². The van der Waals surface area contributed by atoms with Crippen molar-refractivity contribution in [3.8, 4) is 5.75 Å². The van der Waals surface area contributed by atoms with Gasteiger partial charge in [0.1, 0.15) is 12.3 Å². The minimum atomic E-state index is -3.96. The van der Waals surface area contributed by atoms with Crippen LogP contribution in [0, 0.1) is 6.92 Å². The Hall–Kier alpha value is -2.54. The van der Waals surface area contributed by atoms with E-state index in [9.17, 15) is 13.2 Å². The van der Waals surface area contributed by atoms with E-state index in [1.807, 2.05) is 27.7 Å². The van der Waals surface area contributed by atoms with Crippen molar-refractivity contribution in [2.24, 2.45) is 0 Å². The molecular weight excluding hydrogens is 388 g/mol. The molecule has 0 aliphatic heterocycles. The van der Waals surface area contributed by atoms with Crippen LogP contribution in [0.2, 0.25) is 0 Å². The van der Waals surface area contributed by atoms with E-state index in [1.165, 1.54) is 0 Å². The first kappa shape index (κ1) is 22.7. The number of aryl methyl sites for hydroxylation is 1. The molecular formula is C22H30N2O4S. The van der Waals surface area contributed by atoms with Crippen LogP contribution >= 0.6 is 0 Å². The first-order chi connectivity index (χ1) is 13.8. The largest absolute Gasteiger partial charge is 0.492 e. The van der Waals surface area contributed by atoms with Gasteiger partial charge in [0.15, 0.2) is 0 Å². The average Bonchev–Trinajstić information content (AvgIpc) is 2.67. The fourth-order valence-electron chi connectivity index (χ4n) is 3.03. The van der Waals surface area contributed by atoms with E-state index in [1.54, 1.807) is 48.5 Å². The average molecular weight is 419 g/mol. The maximum Gasteiger partial charge on any atom is 0.264 e. The smallest absolute Gasteiger partial charge is 0.264 e. The van der Waals surface area contributed by atoms with Gasteiger partial charge in [0.2, 0.25) is 5.91 Å². The van der Waals surface area contributed by atoms with Gasteiger partial charge in [-0.3, -0.25) is 9.10 Å². The Kier molecular flexibility index (Phi) is 8.08. The highest BCUT2D eigenvalue weighted by Crippen LogP contribution is 2.32. The van der Waals surface area contributed by atoms with Gasteiger partial charge in [-0.05, 0) is 51.5 Å². The maximum absolute atomic E-state index is 13.4. The predicted octanol–water partition coefficient (Wildman–Crippen LogP) is 3.89. The molecule has 0 bridgehead atoms. The van der Waals surface area contributed by atoms with E-state index in [4.69, 9.17) is 4.74 Å². The van der Waals surface area contributed by atoms with E-state index in [0.717, 1.165) is 22.7 Å². The van der Waals surface area contributed by atoms with Crippen LogP contribution < -0.4 is 14.4 Å². The topological polar surface area (TPSA) is 75.7 Å². The third-order valence-electron chi connectivity index (χ3n) is 4.46. The number of nitrogens with zero attached hydrogens (tertiary/aromatic N) is 1. The maximum atomic E-state index is 13.4. The molecule has 1 N–H and O–H groups in total. The first-order valence-corrected chi connectivity index (χ1v) is 11.3. The molecule has 2 aromatic rings. The summed E-state index contributed by atoms with van der Waals surface area (Å²) in [6.45, 7) is 7.73. The molecule has 0 radical (unpaired) electrons. The highest BCUT2D eigenvalue weighted by molar-refractivity contribution is 7.92. The summed E-state index contributed by atoms with van der Waals surface area (Å²) in [7, 11) is -3.96.